The van der Waals surface area contributed by atoms with Crippen molar-refractivity contribution in [2.24, 2.45) is 10.9 Å². The Labute approximate surface area is 157 Å². The zero-order valence-electron chi connectivity index (χ0n) is 15.9. The van der Waals surface area contributed by atoms with Gasteiger partial charge in [-0.05, 0) is 6.92 Å². The van der Waals surface area contributed by atoms with E-state index in [9.17, 15) is 0 Å². The van der Waals surface area contributed by atoms with E-state index < -0.39 is 0 Å². The molecule has 1 aliphatic rings. The Balaban J connectivity index is 2.17. The molecule has 1 aromatic rings. The molecule has 1 atom stereocenters. The highest BCUT2D eigenvalue weighted by Gasteiger charge is 2.15. The van der Waals surface area contributed by atoms with Gasteiger partial charge in [0.05, 0.1) is 5.69 Å². The summed E-state index contributed by atoms with van der Waals surface area (Å²) < 4.78 is 0. The monoisotopic (exact) mass is 351 g/mol. The molecule has 0 spiro atoms. The highest BCUT2D eigenvalue weighted by atomic mass is 15.2. The summed E-state index contributed by atoms with van der Waals surface area (Å²) in [6.07, 6.45) is 12.0. The van der Waals surface area contributed by atoms with Gasteiger partial charge < -0.3 is 10.2 Å². The quantitative estimate of drug-likeness (QED) is 0.577. The number of nitrogens with one attached hydrogen (secondary N) is 1. The molecule has 138 valence electrons. The van der Waals surface area contributed by atoms with Gasteiger partial charge in [0.2, 0.25) is 0 Å². The van der Waals surface area contributed by atoms with Crippen molar-refractivity contribution in [1.82, 2.24) is 15.3 Å². The predicted octanol–water partition coefficient (Wildman–Crippen LogP) is 3.26. The molecule has 0 bridgehead atoms. The fourth-order valence-corrected chi connectivity index (χ4v) is 2.87. The Morgan fingerprint density at radius 1 is 1.27 bits per heavy atom. The number of allylic oxidation sites excluding steroid dienone is 5. The third-order valence-electron chi connectivity index (χ3n) is 4.22. The number of hydrogen-bond donors (Lipinski definition) is 1. The lowest BCUT2D eigenvalue weighted by Gasteiger charge is -2.28. The smallest absolute Gasteiger partial charge is 0.132 e. The zero-order valence-corrected chi connectivity index (χ0v) is 15.9. The Bertz CT molecular complexity index is 696. The summed E-state index contributed by atoms with van der Waals surface area (Å²) >= 11 is 0. The summed E-state index contributed by atoms with van der Waals surface area (Å²) in [7, 11) is 0. The molecule has 1 saturated heterocycles. The van der Waals surface area contributed by atoms with Crippen molar-refractivity contribution in [3.05, 3.63) is 67.3 Å². The largest absolute Gasteiger partial charge is 0.354 e. The Kier molecular flexibility index (Phi) is 7.96. The molecule has 1 aromatic heterocycles. The molecule has 5 nitrogen and oxygen atoms in total. The maximum atomic E-state index is 4.62. The van der Waals surface area contributed by atoms with Crippen molar-refractivity contribution < 1.29 is 0 Å². The lowest BCUT2D eigenvalue weighted by molar-refractivity contribution is 0.583. The Hall–Kier alpha value is -2.53. The van der Waals surface area contributed by atoms with Crippen molar-refractivity contribution >= 4 is 11.5 Å². The van der Waals surface area contributed by atoms with Gasteiger partial charge in [-0.15, -0.1) is 0 Å². The van der Waals surface area contributed by atoms with E-state index in [1.807, 2.05) is 25.2 Å². The van der Waals surface area contributed by atoms with E-state index in [-0.39, 0.29) is 5.92 Å². The van der Waals surface area contributed by atoms with Crippen molar-refractivity contribution in [3.8, 4) is 0 Å². The summed E-state index contributed by atoms with van der Waals surface area (Å²) in [5, 5.41) is 3.37. The highest BCUT2D eigenvalue weighted by Crippen LogP contribution is 2.16. The van der Waals surface area contributed by atoms with Gasteiger partial charge in [0.15, 0.2) is 0 Å². The molecular formula is C21H29N5. The maximum absolute atomic E-state index is 4.62. The average molecular weight is 351 g/mol. The molecule has 1 N–H and O–H groups in total. The van der Waals surface area contributed by atoms with Crippen molar-refractivity contribution in [2.75, 3.05) is 31.1 Å². The lowest BCUT2D eigenvalue weighted by Crippen LogP contribution is -2.44. The fourth-order valence-electron chi connectivity index (χ4n) is 2.87. The van der Waals surface area contributed by atoms with Gasteiger partial charge in [0, 0.05) is 56.5 Å². The molecule has 26 heavy (non-hydrogen) atoms. The van der Waals surface area contributed by atoms with Crippen LogP contribution in [0.15, 0.2) is 60.8 Å². The number of aromatic nitrogens is 2. The van der Waals surface area contributed by atoms with E-state index >= 15 is 0 Å². The first-order chi connectivity index (χ1) is 12.6. The molecule has 2 rings (SSSR count). The number of anilines is 1. The van der Waals surface area contributed by atoms with Crippen LogP contribution in [-0.4, -0.2) is 41.9 Å². The molecule has 0 aliphatic carbocycles. The zero-order chi connectivity index (χ0) is 18.8. The molecular weight excluding hydrogens is 322 g/mol. The molecule has 1 unspecified atom stereocenters. The normalized spacial score (nSPS) is 17.0. The first-order valence-electron chi connectivity index (χ1n) is 9.07. The summed E-state index contributed by atoms with van der Waals surface area (Å²) in [6.45, 7) is 15.4. The van der Waals surface area contributed by atoms with Crippen molar-refractivity contribution in [3.63, 3.8) is 0 Å². The number of aliphatic imine (C=N–C) groups is 1. The molecule has 0 aromatic carbocycles. The van der Waals surface area contributed by atoms with Gasteiger partial charge in [-0.25, -0.2) is 9.97 Å². The Morgan fingerprint density at radius 2 is 2.04 bits per heavy atom. The topological polar surface area (TPSA) is 53.4 Å². The summed E-state index contributed by atoms with van der Waals surface area (Å²) in [4.78, 5) is 16.0. The SMILES string of the molecule is C=C/C=C\C=CC(C)/C(Cc1cc(N2CCNCC2)nc(C)n1)=N/C=C. The number of piperazine rings is 1. The predicted molar refractivity (Wildman–Crippen MR) is 111 cm³/mol. The standard InChI is InChI=1S/C21H29N5/c1-5-7-8-9-10-17(3)20(23-6-2)15-19-16-21(25-18(4)24-19)26-13-11-22-12-14-26/h5-10,16-17,22H,1-2,11-15H2,3-4H3/b8-7-,10-9?,23-20+. The van der Waals surface area contributed by atoms with Crippen LogP contribution in [0.3, 0.4) is 0 Å². The minimum atomic E-state index is 0.195. The van der Waals surface area contributed by atoms with Crippen LogP contribution in [0.25, 0.3) is 0 Å². The highest BCUT2D eigenvalue weighted by molar-refractivity contribution is 5.90. The first kappa shape index (κ1) is 19.8. The van der Waals surface area contributed by atoms with E-state index in [0.717, 1.165) is 49.2 Å². The number of aryl methyl sites for hydroxylation is 1. The van der Waals surface area contributed by atoms with Crippen molar-refractivity contribution in [2.45, 2.75) is 20.3 Å². The second kappa shape index (κ2) is 10.5. The van der Waals surface area contributed by atoms with Crippen LogP contribution < -0.4 is 10.2 Å². The molecule has 5 heteroatoms. The van der Waals surface area contributed by atoms with E-state index in [4.69, 9.17) is 0 Å². The number of hydrogen-bond acceptors (Lipinski definition) is 5. The number of rotatable bonds is 8. The second-order valence-electron chi connectivity index (χ2n) is 6.28. The van der Waals surface area contributed by atoms with Gasteiger partial charge in [-0.3, -0.25) is 4.99 Å². The molecule has 0 saturated carbocycles. The van der Waals surface area contributed by atoms with Crippen LogP contribution in [0, 0.1) is 12.8 Å². The van der Waals surface area contributed by atoms with Gasteiger partial charge in [-0.1, -0.05) is 50.5 Å². The summed E-state index contributed by atoms with van der Waals surface area (Å²) in [5.74, 6) is 2.00. The van der Waals surface area contributed by atoms with Gasteiger partial charge >= 0.3 is 0 Å². The van der Waals surface area contributed by atoms with Crippen molar-refractivity contribution in [1.29, 1.82) is 0 Å². The first-order valence-corrected chi connectivity index (χ1v) is 9.07. The fraction of sp³-hybridized carbons (Fsp3) is 0.381. The third-order valence-corrected chi connectivity index (χ3v) is 4.22. The molecule has 2 heterocycles. The molecule has 1 fully saturated rings. The van der Waals surface area contributed by atoms with E-state index in [1.165, 1.54) is 0 Å². The third kappa shape index (κ3) is 6.08. The minimum absolute atomic E-state index is 0.195. The molecule has 0 radical (unpaired) electrons. The van der Waals surface area contributed by atoms with Gasteiger partial charge in [0.25, 0.3) is 0 Å². The summed E-state index contributed by atoms with van der Waals surface area (Å²) in [5.41, 5.74) is 2.03. The molecule has 0 amide bonds. The van der Waals surface area contributed by atoms with E-state index in [2.05, 4.69) is 57.4 Å². The summed E-state index contributed by atoms with van der Waals surface area (Å²) in [6, 6.07) is 2.09. The van der Waals surface area contributed by atoms with Crippen LogP contribution in [0.4, 0.5) is 5.82 Å². The van der Waals surface area contributed by atoms with Gasteiger partial charge in [0.1, 0.15) is 11.6 Å². The van der Waals surface area contributed by atoms with Crippen LogP contribution in [-0.2, 0) is 6.42 Å². The van der Waals surface area contributed by atoms with Crippen LogP contribution in [0.5, 0.6) is 0 Å². The average Bonchev–Trinajstić information content (AvgIpc) is 2.65. The Morgan fingerprint density at radius 3 is 2.73 bits per heavy atom. The van der Waals surface area contributed by atoms with Crippen LogP contribution in [0.1, 0.15) is 18.4 Å². The molecule has 1 aliphatic heterocycles. The van der Waals surface area contributed by atoms with Crippen LogP contribution >= 0.6 is 0 Å². The lowest BCUT2D eigenvalue weighted by atomic mass is 10.00. The van der Waals surface area contributed by atoms with Gasteiger partial charge in [-0.2, -0.15) is 0 Å². The van der Waals surface area contributed by atoms with E-state index in [1.54, 1.807) is 12.3 Å². The minimum Gasteiger partial charge on any atom is -0.354 e. The van der Waals surface area contributed by atoms with E-state index in [0.29, 0.717) is 6.42 Å². The second-order valence-corrected chi connectivity index (χ2v) is 6.28. The van der Waals surface area contributed by atoms with Crippen LogP contribution in [0.2, 0.25) is 0 Å². The maximum Gasteiger partial charge on any atom is 0.132 e. The number of nitrogens with zero attached hydrogens (tertiary/aromatic N) is 4.